The lowest BCUT2D eigenvalue weighted by molar-refractivity contribution is -0.124. The van der Waals surface area contributed by atoms with Crippen LogP contribution in [0.2, 0.25) is 0 Å². The Balaban J connectivity index is 3.56. The van der Waals surface area contributed by atoms with Crippen LogP contribution in [0.3, 0.4) is 0 Å². The molecule has 0 radical (unpaired) electrons. The van der Waals surface area contributed by atoms with Crippen LogP contribution in [-0.4, -0.2) is 46.1 Å². The molecule has 4 N–H and O–H groups in total. The Morgan fingerprint density at radius 3 is 0.960 bits per heavy atom. The van der Waals surface area contributed by atoms with Crippen molar-refractivity contribution in [3.63, 3.8) is 0 Å². The van der Waals surface area contributed by atoms with Crippen LogP contribution in [0.1, 0.15) is 258 Å². The van der Waals surface area contributed by atoms with Gasteiger partial charge in [0, 0.05) is 6.42 Å². The molecule has 0 aliphatic carbocycles. The summed E-state index contributed by atoms with van der Waals surface area (Å²) in [5.41, 5.74) is 0. The summed E-state index contributed by atoms with van der Waals surface area (Å²) < 4.78 is 0. The topological polar surface area (TPSA) is 89.8 Å². The highest BCUT2D eigenvalue weighted by Crippen LogP contribution is 2.17. The molecule has 0 heterocycles. The van der Waals surface area contributed by atoms with Crippen molar-refractivity contribution in [3.8, 4) is 0 Å². The van der Waals surface area contributed by atoms with Gasteiger partial charge in [0.2, 0.25) is 5.91 Å². The third kappa shape index (κ3) is 35.7. The van der Waals surface area contributed by atoms with Crippen molar-refractivity contribution < 1.29 is 20.1 Å². The van der Waals surface area contributed by atoms with Crippen LogP contribution >= 0.6 is 0 Å². The first kappa shape index (κ1) is 49.4. The van der Waals surface area contributed by atoms with E-state index in [9.17, 15) is 20.1 Å². The van der Waals surface area contributed by atoms with Crippen LogP contribution in [0.4, 0.5) is 0 Å². The minimum atomic E-state index is -1.13. The first-order valence-corrected chi connectivity index (χ1v) is 22.8. The van der Waals surface area contributed by atoms with Crippen LogP contribution in [0, 0.1) is 0 Å². The van der Waals surface area contributed by atoms with Gasteiger partial charge in [-0.15, -0.1) is 0 Å². The van der Waals surface area contributed by atoms with Crippen LogP contribution in [0.15, 0.2) is 0 Å². The van der Waals surface area contributed by atoms with Gasteiger partial charge in [-0.2, -0.15) is 0 Å². The summed E-state index contributed by atoms with van der Waals surface area (Å²) in [6, 6.07) is -0.802. The van der Waals surface area contributed by atoms with Gasteiger partial charge in [0.25, 0.3) is 0 Å². The van der Waals surface area contributed by atoms with E-state index in [0.717, 1.165) is 32.1 Å². The third-order valence-electron chi connectivity index (χ3n) is 11.0. The van der Waals surface area contributed by atoms with Gasteiger partial charge >= 0.3 is 0 Å². The van der Waals surface area contributed by atoms with Gasteiger partial charge in [-0.25, -0.2) is 0 Å². The quantitative estimate of drug-likeness (QED) is 0.0475. The van der Waals surface area contributed by atoms with E-state index in [1.165, 1.54) is 199 Å². The second-order valence-electron chi connectivity index (χ2n) is 16.0. The van der Waals surface area contributed by atoms with Gasteiger partial charge in [0.15, 0.2) is 0 Å². The van der Waals surface area contributed by atoms with Gasteiger partial charge in [-0.1, -0.05) is 239 Å². The molecule has 5 heteroatoms. The molecule has 0 aromatic heterocycles. The molecule has 0 saturated heterocycles. The Bertz CT molecular complexity index is 659. The van der Waals surface area contributed by atoms with E-state index in [4.69, 9.17) is 0 Å². The molecule has 50 heavy (non-hydrogen) atoms. The lowest BCUT2D eigenvalue weighted by Crippen LogP contribution is -2.50. The maximum atomic E-state index is 12.4. The molecule has 0 saturated carbocycles. The molecule has 0 bridgehead atoms. The molecule has 0 aromatic rings. The normalized spacial score (nSPS) is 13.5. The lowest BCUT2D eigenvalue weighted by atomic mass is 9.99. The van der Waals surface area contributed by atoms with Gasteiger partial charge in [0.1, 0.15) is 6.10 Å². The van der Waals surface area contributed by atoms with Gasteiger partial charge in [-0.05, 0) is 12.8 Å². The molecule has 0 aliphatic rings. The smallest absolute Gasteiger partial charge is 0.220 e. The molecule has 0 rings (SSSR count). The third-order valence-corrected chi connectivity index (χ3v) is 11.0. The average Bonchev–Trinajstić information content (AvgIpc) is 3.12. The fraction of sp³-hybridized carbons (Fsp3) is 0.978. The van der Waals surface area contributed by atoms with E-state index in [1.807, 2.05) is 0 Å². The van der Waals surface area contributed by atoms with Crippen molar-refractivity contribution >= 4 is 5.91 Å². The molecule has 0 fully saturated rings. The number of rotatable bonds is 42. The maximum Gasteiger partial charge on any atom is 0.220 e. The number of carbonyl (C=O) groups excluding carboxylic acids is 1. The highest BCUT2D eigenvalue weighted by atomic mass is 16.3. The summed E-state index contributed by atoms with van der Waals surface area (Å²) in [6.07, 6.45) is 46.4. The van der Waals surface area contributed by atoms with Gasteiger partial charge in [0.05, 0.1) is 18.8 Å². The van der Waals surface area contributed by atoms with E-state index in [2.05, 4.69) is 19.2 Å². The summed E-state index contributed by atoms with van der Waals surface area (Å²) in [7, 11) is 0. The first-order chi connectivity index (χ1) is 24.6. The largest absolute Gasteiger partial charge is 0.394 e. The van der Waals surface area contributed by atoms with Crippen molar-refractivity contribution in [1.82, 2.24) is 5.32 Å². The first-order valence-electron chi connectivity index (χ1n) is 22.8. The number of hydrogen-bond donors (Lipinski definition) is 4. The van der Waals surface area contributed by atoms with Crippen molar-refractivity contribution in [1.29, 1.82) is 0 Å². The second kappa shape index (κ2) is 41.1. The number of amides is 1. The van der Waals surface area contributed by atoms with E-state index in [0.29, 0.717) is 12.8 Å². The van der Waals surface area contributed by atoms with E-state index >= 15 is 0 Å². The Kier molecular flexibility index (Phi) is 40.6. The number of hydrogen-bond acceptors (Lipinski definition) is 4. The lowest BCUT2D eigenvalue weighted by Gasteiger charge is -2.26. The number of aliphatic hydroxyl groups is 3. The number of nitrogens with one attached hydrogen (secondary N) is 1. The zero-order chi connectivity index (χ0) is 36.6. The highest BCUT2D eigenvalue weighted by Gasteiger charge is 2.26. The summed E-state index contributed by atoms with van der Waals surface area (Å²) in [5, 5.41) is 33.6. The molecule has 1 amide bonds. The molecular weight excluding hydrogens is 618 g/mol. The van der Waals surface area contributed by atoms with Crippen LogP contribution in [0.25, 0.3) is 0 Å². The number of unbranched alkanes of at least 4 members (excludes halogenated alkanes) is 34. The average molecular weight is 710 g/mol. The van der Waals surface area contributed by atoms with E-state index in [-0.39, 0.29) is 12.5 Å². The monoisotopic (exact) mass is 710 g/mol. The minimum absolute atomic E-state index is 0.139. The van der Waals surface area contributed by atoms with E-state index < -0.39 is 18.2 Å². The van der Waals surface area contributed by atoms with Crippen molar-refractivity contribution in [2.24, 2.45) is 0 Å². The SMILES string of the molecule is CCCCCCCCCCCCCCCCCCCCCCCC(=O)NC(CO)C(O)C(O)CCCCCCCCCCCCCCCCC. The summed E-state index contributed by atoms with van der Waals surface area (Å²) in [6.45, 7) is 4.20. The maximum absolute atomic E-state index is 12.4. The summed E-state index contributed by atoms with van der Waals surface area (Å²) >= 11 is 0. The Morgan fingerprint density at radius 1 is 0.420 bits per heavy atom. The van der Waals surface area contributed by atoms with E-state index in [1.54, 1.807) is 0 Å². The standard InChI is InChI=1S/C45H91NO4/c1-3-5-7-9-11-13-15-17-19-20-21-22-23-24-26-28-30-32-34-36-38-40-44(49)46-42(41-47)45(50)43(48)39-37-35-33-31-29-27-25-18-16-14-12-10-8-6-4-2/h42-43,45,47-48,50H,3-41H2,1-2H3,(H,46,49). The van der Waals surface area contributed by atoms with Crippen LogP contribution in [-0.2, 0) is 4.79 Å². The van der Waals surface area contributed by atoms with Crippen molar-refractivity contribution in [2.75, 3.05) is 6.61 Å². The molecule has 300 valence electrons. The van der Waals surface area contributed by atoms with Gasteiger partial charge < -0.3 is 20.6 Å². The molecule has 5 nitrogen and oxygen atoms in total. The fourth-order valence-electron chi connectivity index (χ4n) is 7.40. The zero-order valence-electron chi connectivity index (χ0n) is 34.1. The molecule has 3 unspecified atom stereocenters. The zero-order valence-corrected chi connectivity index (χ0v) is 34.1. The molecule has 0 aliphatic heterocycles. The van der Waals surface area contributed by atoms with Crippen molar-refractivity contribution in [2.45, 2.75) is 276 Å². The highest BCUT2D eigenvalue weighted by molar-refractivity contribution is 5.76. The summed E-state index contributed by atoms with van der Waals surface area (Å²) in [4.78, 5) is 12.4. The number of carbonyl (C=O) groups is 1. The minimum Gasteiger partial charge on any atom is -0.394 e. The predicted octanol–water partition coefficient (Wildman–Crippen LogP) is 13.0. The van der Waals surface area contributed by atoms with Gasteiger partial charge in [-0.3, -0.25) is 4.79 Å². The molecule has 3 atom stereocenters. The van der Waals surface area contributed by atoms with Crippen molar-refractivity contribution in [3.05, 3.63) is 0 Å². The molecular formula is C45H91NO4. The van der Waals surface area contributed by atoms with Crippen LogP contribution < -0.4 is 5.32 Å². The molecule has 0 aromatic carbocycles. The number of aliphatic hydroxyl groups excluding tert-OH is 3. The molecule has 0 spiro atoms. The van der Waals surface area contributed by atoms with Crippen LogP contribution in [0.5, 0.6) is 0 Å². The fourth-order valence-corrected chi connectivity index (χ4v) is 7.40. The summed E-state index contributed by atoms with van der Waals surface area (Å²) in [5.74, 6) is -0.139. The second-order valence-corrected chi connectivity index (χ2v) is 16.0. The Labute approximate surface area is 313 Å². The predicted molar refractivity (Wildman–Crippen MR) is 218 cm³/mol. The Morgan fingerprint density at radius 2 is 0.680 bits per heavy atom. The Hall–Kier alpha value is -0.650.